The highest BCUT2D eigenvalue weighted by Crippen LogP contribution is 2.60. The Hall–Kier alpha value is -1.47. The topological polar surface area (TPSA) is 63.2 Å². The maximum atomic E-state index is 12.7. The summed E-state index contributed by atoms with van der Waals surface area (Å²) >= 11 is 0. The van der Waals surface area contributed by atoms with Crippen LogP contribution in [0.4, 0.5) is 0 Å². The van der Waals surface area contributed by atoms with Crippen molar-refractivity contribution in [1.82, 2.24) is 0 Å². The summed E-state index contributed by atoms with van der Waals surface area (Å²) in [6.07, 6.45) is 2.55. The van der Waals surface area contributed by atoms with E-state index in [4.69, 9.17) is 24.0 Å². The molecule has 4 aliphatic heterocycles. The second-order valence-corrected chi connectivity index (χ2v) is 9.55. The molecule has 5 fully saturated rings. The van der Waals surface area contributed by atoms with Crippen LogP contribution in [0.25, 0.3) is 0 Å². The molecular weight excluding hydrogens is 372 g/mol. The molecule has 1 saturated carbocycles. The van der Waals surface area contributed by atoms with E-state index >= 15 is 0 Å². The molecule has 2 bridgehead atoms. The van der Waals surface area contributed by atoms with Crippen LogP contribution in [-0.4, -0.2) is 29.9 Å². The third kappa shape index (κ3) is 2.95. The number of carbonyl (C=O) groups is 1. The highest BCUT2D eigenvalue weighted by Gasteiger charge is 2.69. The molecule has 0 aromatic heterocycles. The fourth-order valence-electron chi connectivity index (χ4n) is 5.87. The van der Waals surface area contributed by atoms with E-state index in [2.05, 4.69) is 13.8 Å². The Bertz CT molecular complexity index is 793. The van der Waals surface area contributed by atoms with Crippen LogP contribution in [-0.2, 0) is 24.0 Å². The summed E-state index contributed by atoms with van der Waals surface area (Å²) in [4.78, 5) is 24.7. The van der Waals surface area contributed by atoms with Gasteiger partial charge < -0.3 is 14.2 Å². The summed E-state index contributed by atoms with van der Waals surface area (Å²) in [5.41, 5.74) is 0.984. The maximum absolute atomic E-state index is 12.7. The number of rotatable bonds is 2. The lowest BCUT2D eigenvalue weighted by Gasteiger charge is -2.59. The van der Waals surface area contributed by atoms with Gasteiger partial charge in [0.2, 0.25) is 12.1 Å². The van der Waals surface area contributed by atoms with E-state index in [-0.39, 0.29) is 17.8 Å². The Kier molecular flexibility index (Phi) is 4.55. The molecule has 1 aromatic carbocycles. The molecule has 0 unspecified atom stereocenters. The monoisotopic (exact) mass is 402 g/mol. The van der Waals surface area contributed by atoms with E-state index in [0.29, 0.717) is 17.4 Å². The molecule has 1 spiro atoms. The van der Waals surface area contributed by atoms with E-state index in [0.717, 1.165) is 31.2 Å². The van der Waals surface area contributed by atoms with E-state index in [1.54, 1.807) is 12.1 Å². The van der Waals surface area contributed by atoms with Crippen molar-refractivity contribution in [3.8, 4) is 0 Å². The fourth-order valence-corrected chi connectivity index (χ4v) is 5.87. The van der Waals surface area contributed by atoms with Gasteiger partial charge in [-0.25, -0.2) is 14.6 Å². The van der Waals surface area contributed by atoms with Crippen molar-refractivity contribution >= 4 is 5.97 Å². The minimum Gasteiger partial charge on any atom is -0.432 e. The standard InChI is InChI=1S/C23H30O6/c1-13-5-8-16(9-6-13)19(24)25-20-15(3)18-10-7-14(2)17-11-12-22(4)27-21(26-20)23(17,18)29-28-22/h5-6,8-9,14-15,17-18,20-21H,7,10-12H2,1-4H3/t14-,15-,17+,18+,20-,21-,22-,23-/m1/s1. The number of hydrogen-bond acceptors (Lipinski definition) is 6. The molecule has 8 atom stereocenters. The first kappa shape index (κ1) is 19.5. The SMILES string of the molecule is Cc1ccc(C(=O)O[C@@H]2O[C@@H]3O[C@@]4(C)CC[C@H]5[C@H](C)CC[C@@H]([C@H]2C)[C@@]35OO4)cc1. The van der Waals surface area contributed by atoms with Crippen molar-refractivity contribution in [2.75, 3.05) is 0 Å². The van der Waals surface area contributed by atoms with E-state index in [1.165, 1.54) is 0 Å². The van der Waals surface area contributed by atoms with Crippen molar-refractivity contribution in [3.63, 3.8) is 0 Å². The number of hydrogen-bond donors (Lipinski definition) is 0. The summed E-state index contributed by atoms with van der Waals surface area (Å²) in [5, 5.41) is 0. The van der Waals surface area contributed by atoms with Gasteiger partial charge in [0.15, 0.2) is 11.9 Å². The van der Waals surface area contributed by atoms with Gasteiger partial charge in [-0.3, -0.25) is 0 Å². The van der Waals surface area contributed by atoms with Crippen molar-refractivity contribution in [2.24, 2.45) is 23.7 Å². The predicted molar refractivity (Wildman–Crippen MR) is 103 cm³/mol. The third-order valence-electron chi connectivity index (χ3n) is 7.61. The van der Waals surface area contributed by atoms with Gasteiger partial charge in [0.25, 0.3) is 0 Å². The lowest BCUT2D eigenvalue weighted by Crippen LogP contribution is -2.70. The zero-order chi connectivity index (χ0) is 20.4. The molecule has 1 aliphatic carbocycles. The van der Waals surface area contributed by atoms with Gasteiger partial charge in [-0.2, -0.15) is 0 Å². The lowest BCUT2D eigenvalue weighted by molar-refractivity contribution is -0.576. The van der Waals surface area contributed by atoms with Crippen LogP contribution in [0.5, 0.6) is 0 Å². The van der Waals surface area contributed by atoms with E-state index in [1.807, 2.05) is 26.0 Å². The smallest absolute Gasteiger partial charge is 0.340 e. The number of benzene rings is 1. The van der Waals surface area contributed by atoms with E-state index < -0.39 is 24.0 Å². The van der Waals surface area contributed by atoms with Crippen LogP contribution >= 0.6 is 0 Å². The van der Waals surface area contributed by atoms with Gasteiger partial charge in [0.1, 0.15) is 0 Å². The molecule has 5 aliphatic rings. The highest BCUT2D eigenvalue weighted by atomic mass is 17.3. The van der Waals surface area contributed by atoms with E-state index in [9.17, 15) is 4.79 Å². The molecule has 4 heterocycles. The molecule has 1 aromatic rings. The first-order valence-electron chi connectivity index (χ1n) is 10.8. The first-order chi connectivity index (χ1) is 13.8. The quantitative estimate of drug-likeness (QED) is 0.541. The molecule has 6 heteroatoms. The molecule has 0 radical (unpaired) electrons. The lowest BCUT2D eigenvalue weighted by atomic mass is 9.58. The summed E-state index contributed by atoms with van der Waals surface area (Å²) in [5.74, 6) is -0.286. The maximum Gasteiger partial charge on any atom is 0.340 e. The largest absolute Gasteiger partial charge is 0.432 e. The van der Waals surface area contributed by atoms with Crippen molar-refractivity contribution in [3.05, 3.63) is 35.4 Å². The third-order valence-corrected chi connectivity index (χ3v) is 7.61. The van der Waals surface area contributed by atoms with Crippen LogP contribution in [0.1, 0.15) is 62.4 Å². The van der Waals surface area contributed by atoms with Gasteiger partial charge >= 0.3 is 5.97 Å². The Morgan fingerprint density at radius 2 is 1.83 bits per heavy atom. The molecule has 6 rings (SSSR count). The predicted octanol–water partition coefficient (Wildman–Crippen LogP) is 4.36. The Balaban J connectivity index is 1.44. The minimum absolute atomic E-state index is 0.0229. The van der Waals surface area contributed by atoms with Crippen LogP contribution in [0, 0.1) is 30.6 Å². The minimum atomic E-state index is -0.830. The van der Waals surface area contributed by atoms with Gasteiger partial charge in [-0.1, -0.05) is 31.5 Å². The summed E-state index contributed by atoms with van der Waals surface area (Å²) in [6, 6.07) is 7.38. The van der Waals surface area contributed by atoms with Crippen molar-refractivity contribution < 1.29 is 28.8 Å². The second kappa shape index (κ2) is 6.77. The molecule has 158 valence electrons. The Morgan fingerprint density at radius 1 is 1.07 bits per heavy atom. The highest BCUT2D eigenvalue weighted by molar-refractivity contribution is 5.89. The average Bonchev–Trinajstić information content (AvgIpc) is 2.92. The summed E-state index contributed by atoms with van der Waals surface area (Å²) < 4.78 is 18.4. The molecule has 6 nitrogen and oxygen atoms in total. The number of ether oxygens (including phenoxy) is 3. The van der Waals surface area contributed by atoms with Crippen LogP contribution in [0.3, 0.4) is 0 Å². The van der Waals surface area contributed by atoms with Crippen molar-refractivity contribution in [2.45, 2.75) is 77.3 Å². The van der Waals surface area contributed by atoms with Crippen LogP contribution in [0.2, 0.25) is 0 Å². The average molecular weight is 402 g/mol. The summed E-state index contributed by atoms with van der Waals surface area (Å²) in [7, 11) is 0. The molecular formula is C23H30O6. The summed E-state index contributed by atoms with van der Waals surface area (Å²) in [6.45, 7) is 8.25. The molecule has 29 heavy (non-hydrogen) atoms. The number of esters is 1. The molecule has 4 saturated heterocycles. The molecule has 0 amide bonds. The second-order valence-electron chi connectivity index (χ2n) is 9.55. The Morgan fingerprint density at radius 3 is 2.59 bits per heavy atom. The number of aryl methyl sites for hydroxylation is 1. The van der Waals surface area contributed by atoms with Crippen molar-refractivity contribution in [1.29, 1.82) is 0 Å². The Labute approximate surface area is 171 Å². The zero-order valence-corrected chi connectivity index (χ0v) is 17.6. The van der Waals surface area contributed by atoms with Gasteiger partial charge in [0, 0.05) is 18.3 Å². The normalized spacial score (nSPS) is 45.9. The molecule has 0 N–H and O–H groups in total. The van der Waals surface area contributed by atoms with Gasteiger partial charge in [0.05, 0.1) is 5.56 Å². The zero-order valence-electron chi connectivity index (χ0n) is 17.6. The van der Waals surface area contributed by atoms with Gasteiger partial charge in [-0.05, 0) is 57.1 Å². The number of fused-ring (bicyclic) bond motifs is 2. The van der Waals surface area contributed by atoms with Crippen LogP contribution in [0.15, 0.2) is 24.3 Å². The fraction of sp³-hybridized carbons (Fsp3) is 0.696. The van der Waals surface area contributed by atoms with Crippen LogP contribution < -0.4 is 0 Å². The number of carbonyl (C=O) groups excluding carboxylic acids is 1. The van der Waals surface area contributed by atoms with Gasteiger partial charge in [-0.15, -0.1) is 0 Å². The first-order valence-corrected chi connectivity index (χ1v) is 10.8.